The Morgan fingerprint density at radius 2 is 1.88 bits per heavy atom. The molecule has 3 aromatic rings. The lowest BCUT2D eigenvalue weighted by molar-refractivity contribution is -0.384. The lowest BCUT2D eigenvalue weighted by Crippen LogP contribution is -2.26. The van der Waals surface area contributed by atoms with Gasteiger partial charge in [-0.15, -0.1) is 0 Å². The zero-order valence-electron chi connectivity index (χ0n) is 13.0. The van der Waals surface area contributed by atoms with Crippen molar-refractivity contribution in [1.29, 1.82) is 0 Å². The Morgan fingerprint density at radius 1 is 1.16 bits per heavy atom. The molecule has 0 bridgehead atoms. The molecule has 9 heteroatoms. The van der Waals surface area contributed by atoms with E-state index < -0.39 is 10.8 Å². The van der Waals surface area contributed by atoms with Crippen LogP contribution in [0.2, 0.25) is 0 Å². The van der Waals surface area contributed by atoms with E-state index in [2.05, 4.69) is 20.4 Å². The molecule has 0 spiro atoms. The first-order valence-corrected chi connectivity index (χ1v) is 7.39. The first-order chi connectivity index (χ1) is 12.1. The Bertz CT molecular complexity index is 877. The summed E-state index contributed by atoms with van der Waals surface area (Å²) in [6.45, 7) is 0.421. The van der Waals surface area contributed by atoms with Gasteiger partial charge in [0.25, 0.3) is 23.3 Å². The van der Waals surface area contributed by atoms with E-state index in [1.54, 1.807) is 12.4 Å². The van der Waals surface area contributed by atoms with Gasteiger partial charge in [-0.1, -0.05) is 5.16 Å². The van der Waals surface area contributed by atoms with Crippen LogP contribution in [0.3, 0.4) is 0 Å². The van der Waals surface area contributed by atoms with Gasteiger partial charge in [0.05, 0.1) is 4.92 Å². The maximum absolute atomic E-state index is 12.0. The Kier molecular flexibility index (Phi) is 4.74. The van der Waals surface area contributed by atoms with Gasteiger partial charge in [-0.2, -0.15) is 4.98 Å². The second-order valence-corrected chi connectivity index (χ2v) is 5.09. The van der Waals surface area contributed by atoms with Crippen LogP contribution in [0.5, 0.6) is 0 Å². The van der Waals surface area contributed by atoms with E-state index in [0.717, 1.165) is 5.56 Å². The summed E-state index contributed by atoms with van der Waals surface area (Å²) >= 11 is 0. The monoisotopic (exact) mass is 339 g/mol. The van der Waals surface area contributed by atoms with E-state index in [9.17, 15) is 14.9 Å². The summed E-state index contributed by atoms with van der Waals surface area (Å²) < 4.78 is 5.04. The summed E-state index contributed by atoms with van der Waals surface area (Å²) in [5, 5.41) is 17.0. The molecule has 0 atom stereocenters. The molecule has 25 heavy (non-hydrogen) atoms. The first-order valence-electron chi connectivity index (χ1n) is 7.39. The first kappa shape index (κ1) is 16.2. The summed E-state index contributed by atoms with van der Waals surface area (Å²) in [4.78, 5) is 30.1. The highest BCUT2D eigenvalue weighted by Crippen LogP contribution is 2.20. The van der Waals surface area contributed by atoms with Crippen molar-refractivity contribution in [3.63, 3.8) is 0 Å². The number of non-ortho nitro benzene ring substituents is 1. The van der Waals surface area contributed by atoms with Gasteiger partial charge in [0.1, 0.15) is 0 Å². The SMILES string of the molecule is O=C(NCCc1ccncc1)c1noc(-c2ccc([N+](=O)[O-])cc2)n1. The van der Waals surface area contributed by atoms with E-state index in [0.29, 0.717) is 18.5 Å². The maximum Gasteiger partial charge on any atom is 0.292 e. The van der Waals surface area contributed by atoms with Crippen LogP contribution in [-0.4, -0.2) is 32.5 Å². The number of hydrogen-bond donors (Lipinski definition) is 1. The number of rotatable bonds is 6. The standard InChI is InChI=1S/C16H13N5O4/c22-15(18-10-7-11-5-8-17-9-6-11)14-19-16(25-20-14)12-1-3-13(4-2-12)21(23)24/h1-6,8-9H,7,10H2,(H,18,22). The summed E-state index contributed by atoms with van der Waals surface area (Å²) in [5.41, 5.74) is 1.50. The third kappa shape index (κ3) is 4.02. The minimum Gasteiger partial charge on any atom is -0.349 e. The number of aromatic nitrogens is 3. The van der Waals surface area contributed by atoms with Crippen LogP contribution < -0.4 is 5.32 Å². The maximum atomic E-state index is 12.0. The fourth-order valence-electron chi connectivity index (χ4n) is 2.11. The van der Waals surface area contributed by atoms with E-state index in [-0.39, 0.29) is 17.4 Å². The smallest absolute Gasteiger partial charge is 0.292 e. The number of hydrogen-bond acceptors (Lipinski definition) is 7. The van der Waals surface area contributed by atoms with Crippen molar-refractivity contribution in [3.8, 4) is 11.5 Å². The average molecular weight is 339 g/mol. The van der Waals surface area contributed by atoms with Crippen LogP contribution in [0, 0.1) is 10.1 Å². The predicted molar refractivity (Wildman–Crippen MR) is 86.7 cm³/mol. The van der Waals surface area contributed by atoms with Crippen molar-refractivity contribution in [2.45, 2.75) is 6.42 Å². The molecular weight excluding hydrogens is 326 g/mol. The number of pyridine rings is 1. The molecule has 0 aliphatic heterocycles. The quantitative estimate of drug-likeness (QED) is 0.538. The summed E-state index contributed by atoms with van der Waals surface area (Å²) in [6, 6.07) is 9.36. The van der Waals surface area contributed by atoms with Crippen molar-refractivity contribution in [2.75, 3.05) is 6.54 Å². The molecule has 0 unspecified atom stereocenters. The highest BCUT2D eigenvalue weighted by molar-refractivity contribution is 5.90. The molecular formula is C16H13N5O4. The molecule has 1 N–H and O–H groups in total. The number of benzene rings is 1. The minimum absolute atomic E-state index is 0.0441. The van der Waals surface area contributed by atoms with Gasteiger partial charge in [0.2, 0.25) is 0 Å². The minimum atomic E-state index is -0.501. The van der Waals surface area contributed by atoms with Crippen molar-refractivity contribution in [1.82, 2.24) is 20.4 Å². The van der Waals surface area contributed by atoms with Crippen molar-refractivity contribution in [2.24, 2.45) is 0 Å². The lowest BCUT2D eigenvalue weighted by Gasteiger charge is -2.01. The summed E-state index contributed by atoms with van der Waals surface area (Å²) in [7, 11) is 0. The largest absolute Gasteiger partial charge is 0.349 e. The highest BCUT2D eigenvalue weighted by Gasteiger charge is 2.16. The molecule has 0 saturated carbocycles. The van der Waals surface area contributed by atoms with Crippen molar-refractivity contribution in [3.05, 3.63) is 70.3 Å². The van der Waals surface area contributed by atoms with Gasteiger partial charge in [0.15, 0.2) is 0 Å². The van der Waals surface area contributed by atoms with Crippen LogP contribution in [-0.2, 0) is 6.42 Å². The number of carbonyl (C=O) groups excluding carboxylic acids is 1. The summed E-state index contributed by atoms with van der Waals surface area (Å²) in [5.74, 6) is -0.428. The third-order valence-corrected chi connectivity index (χ3v) is 3.40. The Hall–Kier alpha value is -3.62. The Labute approximate surface area is 141 Å². The number of nitrogens with one attached hydrogen (secondary N) is 1. The lowest BCUT2D eigenvalue weighted by atomic mass is 10.2. The number of nitro groups is 1. The molecule has 0 radical (unpaired) electrons. The Balaban J connectivity index is 1.60. The molecule has 9 nitrogen and oxygen atoms in total. The zero-order chi connectivity index (χ0) is 17.6. The fourth-order valence-corrected chi connectivity index (χ4v) is 2.11. The number of carbonyl (C=O) groups is 1. The molecule has 0 aliphatic rings. The zero-order valence-corrected chi connectivity index (χ0v) is 13.0. The molecule has 1 amide bonds. The van der Waals surface area contributed by atoms with Crippen LogP contribution in [0.15, 0.2) is 53.3 Å². The molecule has 2 heterocycles. The number of nitrogens with zero attached hydrogens (tertiary/aromatic N) is 4. The van der Waals surface area contributed by atoms with E-state index >= 15 is 0 Å². The molecule has 126 valence electrons. The Morgan fingerprint density at radius 3 is 2.56 bits per heavy atom. The van der Waals surface area contributed by atoms with Crippen LogP contribution >= 0.6 is 0 Å². The normalized spacial score (nSPS) is 10.4. The highest BCUT2D eigenvalue weighted by atomic mass is 16.6. The molecule has 2 aromatic heterocycles. The van der Waals surface area contributed by atoms with Gasteiger partial charge < -0.3 is 9.84 Å². The molecule has 3 rings (SSSR count). The van der Waals surface area contributed by atoms with Gasteiger partial charge in [0, 0.05) is 36.6 Å². The van der Waals surface area contributed by atoms with E-state index in [1.807, 2.05) is 12.1 Å². The third-order valence-electron chi connectivity index (χ3n) is 3.40. The van der Waals surface area contributed by atoms with Gasteiger partial charge in [-0.05, 0) is 36.2 Å². The summed E-state index contributed by atoms with van der Waals surface area (Å²) in [6.07, 6.45) is 4.03. The molecule has 0 fully saturated rings. The second kappa shape index (κ2) is 7.30. The average Bonchev–Trinajstić information content (AvgIpc) is 3.13. The van der Waals surface area contributed by atoms with Crippen LogP contribution in [0.1, 0.15) is 16.2 Å². The van der Waals surface area contributed by atoms with E-state index in [4.69, 9.17) is 4.52 Å². The van der Waals surface area contributed by atoms with Crippen molar-refractivity contribution >= 4 is 11.6 Å². The van der Waals surface area contributed by atoms with Gasteiger partial charge >= 0.3 is 0 Å². The van der Waals surface area contributed by atoms with Crippen LogP contribution in [0.4, 0.5) is 5.69 Å². The molecule has 1 aromatic carbocycles. The van der Waals surface area contributed by atoms with Crippen LogP contribution in [0.25, 0.3) is 11.5 Å². The molecule has 0 aliphatic carbocycles. The fraction of sp³-hybridized carbons (Fsp3) is 0.125. The van der Waals surface area contributed by atoms with Gasteiger partial charge in [-0.3, -0.25) is 19.9 Å². The molecule has 0 saturated heterocycles. The topological polar surface area (TPSA) is 124 Å². The van der Waals surface area contributed by atoms with Crippen molar-refractivity contribution < 1.29 is 14.2 Å². The van der Waals surface area contributed by atoms with E-state index in [1.165, 1.54) is 24.3 Å². The van der Waals surface area contributed by atoms with Gasteiger partial charge in [-0.25, -0.2) is 0 Å². The second-order valence-electron chi connectivity index (χ2n) is 5.09. The number of amides is 1. The number of nitro benzene ring substituents is 1. The predicted octanol–water partition coefficient (Wildman–Crippen LogP) is 2.01.